The third-order valence-corrected chi connectivity index (χ3v) is 4.64. The number of hydrogen-bond donors (Lipinski definition) is 1. The minimum atomic E-state index is -0.719. The van der Waals surface area contributed by atoms with E-state index in [1.807, 2.05) is 31.3 Å². The number of carbonyl (C=O) groups excluding carboxylic acids is 1. The zero-order chi connectivity index (χ0) is 17.3. The van der Waals surface area contributed by atoms with Gasteiger partial charge in [0.1, 0.15) is 0 Å². The van der Waals surface area contributed by atoms with E-state index in [0.717, 1.165) is 26.5 Å². The number of aromatic nitrogens is 2. The van der Waals surface area contributed by atoms with Crippen molar-refractivity contribution in [1.29, 1.82) is 0 Å². The predicted octanol–water partition coefficient (Wildman–Crippen LogP) is 3.63. The Bertz CT molecular complexity index is 904. The van der Waals surface area contributed by atoms with Crippen LogP contribution in [0.25, 0.3) is 10.9 Å². The highest BCUT2D eigenvalue weighted by Crippen LogP contribution is 2.24. The summed E-state index contributed by atoms with van der Waals surface area (Å²) in [4.78, 5) is 11.6. The summed E-state index contributed by atoms with van der Waals surface area (Å²) in [5.74, 6) is -0.378. The van der Waals surface area contributed by atoms with E-state index in [-0.39, 0.29) is 5.97 Å². The second kappa shape index (κ2) is 6.75. The highest BCUT2D eigenvalue weighted by atomic mass is 79.9. The van der Waals surface area contributed by atoms with Crippen LogP contribution in [-0.4, -0.2) is 28.0 Å². The summed E-state index contributed by atoms with van der Waals surface area (Å²) in [5, 5.41) is 16.0. The van der Waals surface area contributed by atoms with E-state index in [4.69, 9.17) is 4.74 Å². The lowest BCUT2D eigenvalue weighted by Crippen LogP contribution is -2.10. The van der Waals surface area contributed by atoms with Crippen molar-refractivity contribution >= 4 is 32.8 Å². The number of aryl methyl sites for hydroxylation is 1. The van der Waals surface area contributed by atoms with E-state index < -0.39 is 6.10 Å². The van der Waals surface area contributed by atoms with E-state index in [1.54, 1.807) is 22.9 Å². The second-order valence-electron chi connectivity index (χ2n) is 5.61. The summed E-state index contributed by atoms with van der Waals surface area (Å²) >= 11 is 3.50. The number of nitrogens with zero attached hydrogens (tertiary/aromatic N) is 2. The van der Waals surface area contributed by atoms with Gasteiger partial charge in [-0.05, 0) is 36.2 Å². The Morgan fingerprint density at radius 1 is 1.38 bits per heavy atom. The van der Waals surface area contributed by atoms with Gasteiger partial charge in [0, 0.05) is 16.1 Å². The van der Waals surface area contributed by atoms with E-state index in [1.165, 1.54) is 7.11 Å². The lowest BCUT2D eigenvalue weighted by Gasteiger charge is -2.13. The number of esters is 1. The number of aliphatic hydroxyl groups excluding tert-OH is 1. The summed E-state index contributed by atoms with van der Waals surface area (Å²) in [6, 6.07) is 11.0. The molecule has 1 atom stereocenters. The SMILES string of the molecule is COC(=O)c1ccc(C(O)Cn2cc3c(Br)cccc3n2)cc1C. The molecule has 0 saturated carbocycles. The van der Waals surface area contributed by atoms with E-state index in [2.05, 4.69) is 21.0 Å². The third kappa shape index (κ3) is 3.20. The molecule has 0 radical (unpaired) electrons. The molecule has 0 bridgehead atoms. The Balaban J connectivity index is 1.83. The van der Waals surface area contributed by atoms with Crippen molar-refractivity contribution in [3.63, 3.8) is 0 Å². The Hall–Kier alpha value is -2.18. The van der Waals surface area contributed by atoms with Gasteiger partial charge in [0.2, 0.25) is 0 Å². The van der Waals surface area contributed by atoms with Crippen molar-refractivity contribution in [2.45, 2.75) is 19.6 Å². The van der Waals surface area contributed by atoms with Crippen LogP contribution >= 0.6 is 15.9 Å². The van der Waals surface area contributed by atoms with Gasteiger partial charge < -0.3 is 9.84 Å². The van der Waals surface area contributed by atoms with Gasteiger partial charge in [0.15, 0.2) is 0 Å². The molecule has 0 amide bonds. The minimum absolute atomic E-state index is 0.331. The van der Waals surface area contributed by atoms with Crippen LogP contribution in [0, 0.1) is 6.92 Å². The van der Waals surface area contributed by atoms with E-state index in [9.17, 15) is 9.90 Å². The van der Waals surface area contributed by atoms with Crippen LogP contribution in [0.1, 0.15) is 27.6 Å². The second-order valence-corrected chi connectivity index (χ2v) is 6.46. The van der Waals surface area contributed by atoms with Crippen LogP contribution in [0.15, 0.2) is 47.1 Å². The average Bonchev–Trinajstić information content (AvgIpc) is 2.98. The van der Waals surface area contributed by atoms with Crippen molar-refractivity contribution in [1.82, 2.24) is 9.78 Å². The molecule has 2 aromatic carbocycles. The van der Waals surface area contributed by atoms with Gasteiger partial charge in [-0.2, -0.15) is 5.10 Å². The van der Waals surface area contributed by atoms with Crippen LogP contribution in [0.3, 0.4) is 0 Å². The van der Waals surface area contributed by atoms with Crippen LogP contribution in [0.2, 0.25) is 0 Å². The summed E-state index contributed by atoms with van der Waals surface area (Å²) in [7, 11) is 1.35. The number of ether oxygens (including phenoxy) is 1. The smallest absolute Gasteiger partial charge is 0.338 e. The van der Waals surface area contributed by atoms with Gasteiger partial charge in [0.25, 0.3) is 0 Å². The lowest BCUT2D eigenvalue weighted by molar-refractivity contribution is 0.0599. The number of methoxy groups -OCH3 is 1. The van der Waals surface area contributed by atoms with Crippen LogP contribution in [0.4, 0.5) is 0 Å². The molecule has 0 aliphatic carbocycles. The molecule has 0 fully saturated rings. The highest BCUT2D eigenvalue weighted by molar-refractivity contribution is 9.10. The maximum absolute atomic E-state index is 11.6. The zero-order valence-corrected chi connectivity index (χ0v) is 14.9. The van der Waals surface area contributed by atoms with Crippen molar-refractivity contribution < 1.29 is 14.6 Å². The summed E-state index contributed by atoms with van der Waals surface area (Å²) in [5.41, 5.74) is 2.88. The summed E-state index contributed by atoms with van der Waals surface area (Å²) in [6.07, 6.45) is 1.18. The molecular weight excluding hydrogens is 372 g/mol. The Morgan fingerprint density at radius 3 is 2.83 bits per heavy atom. The fraction of sp³-hybridized carbons (Fsp3) is 0.222. The molecule has 3 aromatic rings. The number of fused-ring (bicyclic) bond motifs is 1. The number of carbonyl (C=O) groups is 1. The van der Waals surface area contributed by atoms with Gasteiger partial charge in [-0.3, -0.25) is 4.68 Å². The molecule has 0 aliphatic heterocycles. The molecule has 6 heteroatoms. The summed E-state index contributed by atoms with van der Waals surface area (Å²) in [6.45, 7) is 2.15. The van der Waals surface area contributed by atoms with Crippen LogP contribution in [-0.2, 0) is 11.3 Å². The third-order valence-electron chi connectivity index (χ3n) is 3.94. The molecule has 124 valence electrons. The molecule has 1 heterocycles. The van der Waals surface area contributed by atoms with Crippen LogP contribution in [0.5, 0.6) is 0 Å². The molecule has 0 saturated heterocycles. The molecule has 1 aromatic heterocycles. The first-order valence-corrected chi connectivity index (χ1v) is 8.27. The number of halogens is 1. The van der Waals surface area contributed by atoms with Gasteiger partial charge in [-0.15, -0.1) is 0 Å². The Labute approximate surface area is 148 Å². The highest BCUT2D eigenvalue weighted by Gasteiger charge is 2.14. The fourth-order valence-electron chi connectivity index (χ4n) is 2.67. The maximum Gasteiger partial charge on any atom is 0.338 e. The first kappa shape index (κ1) is 16.7. The Kier molecular flexibility index (Phi) is 4.69. The molecule has 5 nitrogen and oxygen atoms in total. The van der Waals surface area contributed by atoms with Gasteiger partial charge in [0.05, 0.1) is 30.8 Å². The molecule has 24 heavy (non-hydrogen) atoms. The topological polar surface area (TPSA) is 64.3 Å². The number of aliphatic hydroxyl groups is 1. The monoisotopic (exact) mass is 388 g/mol. The largest absolute Gasteiger partial charge is 0.465 e. The van der Waals surface area contributed by atoms with Gasteiger partial charge in [-0.25, -0.2) is 4.79 Å². The average molecular weight is 389 g/mol. The normalized spacial score (nSPS) is 12.3. The number of hydrogen-bond acceptors (Lipinski definition) is 4. The van der Waals surface area contributed by atoms with E-state index >= 15 is 0 Å². The van der Waals surface area contributed by atoms with Gasteiger partial charge in [-0.1, -0.05) is 34.1 Å². The number of rotatable bonds is 4. The number of benzene rings is 2. The molecular formula is C18H17BrN2O3. The van der Waals surface area contributed by atoms with Crippen molar-refractivity contribution in [2.24, 2.45) is 0 Å². The first-order valence-electron chi connectivity index (χ1n) is 7.48. The summed E-state index contributed by atoms with van der Waals surface area (Å²) < 4.78 is 7.44. The minimum Gasteiger partial charge on any atom is -0.465 e. The molecule has 0 aliphatic rings. The van der Waals surface area contributed by atoms with Crippen molar-refractivity contribution in [2.75, 3.05) is 7.11 Å². The molecule has 3 rings (SSSR count). The zero-order valence-electron chi connectivity index (χ0n) is 13.4. The molecule has 1 N–H and O–H groups in total. The van der Waals surface area contributed by atoms with Crippen molar-refractivity contribution in [3.05, 3.63) is 63.8 Å². The predicted molar refractivity (Wildman–Crippen MR) is 94.9 cm³/mol. The standard InChI is InChI=1S/C18H17BrN2O3/c1-11-8-12(6-7-13(11)18(23)24-2)17(22)10-21-9-14-15(19)4-3-5-16(14)20-21/h3-9,17,22H,10H2,1-2H3. The van der Waals surface area contributed by atoms with Crippen molar-refractivity contribution in [3.8, 4) is 0 Å². The quantitative estimate of drug-likeness (QED) is 0.693. The Morgan fingerprint density at radius 2 is 2.17 bits per heavy atom. The fourth-order valence-corrected chi connectivity index (χ4v) is 3.12. The maximum atomic E-state index is 11.6. The lowest BCUT2D eigenvalue weighted by atomic mass is 10.0. The molecule has 1 unspecified atom stereocenters. The van der Waals surface area contributed by atoms with Gasteiger partial charge >= 0.3 is 5.97 Å². The molecule has 0 spiro atoms. The van der Waals surface area contributed by atoms with Crippen LogP contribution < -0.4 is 0 Å². The van der Waals surface area contributed by atoms with E-state index in [0.29, 0.717) is 12.1 Å². The first-order chi connectivity index (χ1) is 11.5.